The van der Waals surface area contributed by atoms with Crippen LogP contribution in [0.1, 0.15) is 19.3 Å². The smallest absolute Gasteiger partial charge is 0.307 e. The summed E-state index contributed by atoms with van der Waals surface area (Å²) >= 11 is 1.11. The second-order valence-corrected chi connectivity index (χ2v) is 6.96. The molecule has 0 aliphatic heterocycles. The lowest BCUT2D eigenvalue weighted by molar-refractivity contribution is -0.141. The van der Waals surface area contributed by atoms with Gasteiger partial charge in [0.2, 0.25) is 5.91 Å². The van der Waals surface area contributed by atoms with Gasteiger partial charge >= 0.3 is 11.9 Å². The number of methoxy groups -OCH3 is 2. The third kappa shape index (κ3) is 6.60. The van der Waals surface area contributed by atoms with E-state index in [0.29, 0.717) is 29.0 Å². The molecular weight excluding hydrogens is 398 g/mol. The lowest BCUT2D eigenvalue weighted by atomic mass is 10.2. The maximum Gasteiger partial charge on any atom is 0.307 e. The fraction of sp³-hybridized carbons (Fsp3) is 0.421. The first-order valence-corrected chi connectivity index (χ1v) is 9.97. The quantitative estimate of drug-likeness (QED) is 0.263. The van der Waals surface area contributed by atoms with Gasteiger partial charge in [0.25, 0.3) is 5.56 Å². The molecule has 2 aromatic rings. The van der Waals surface area contributed by atoms with E-state index in [4.69, 9.17) is 0 Å². The van der Waals surface area contributed by atoms with Crippen molar-refractivity contribution in [2.75, 3.05) is 26.5 Å². The number of carbonyl (C=O) groups excluding carboxylic acids is 3. The Kier molecular flexibility index (Phi) is 8.66. The minimum atomic E-state index is -0.440. The number of esters is 2. The van der Waals surface area contributed by atoms with Crippen LogP contribution in [0.5, 0.6) is 0 Å². The summed E-state index contributed by atoms with van der Waals surface area (Å²) in [4.78, 5) is 51.9. The Morgan fingerprint density at radius 3 is 2.52 bits per heavy atom. The van der Waals surface area contributed by atoms with Crippen molar-refractivity contribution in [3.63, 3.8) is 0 Å². The molecule has 0 aliphatic rings. The van der Waals surface area contributed by atoms with Crippen LogP contribution in [0.3, 0.4) is 0 Å². The molecule has 0 saturated carbocycles. The fourth-order valence-electron chi connectivity index (χ4n) is 2.50. The number of rotatable bonds is 10. The minimum Gasteiger partial charge on any atom is -0.469 e. The maximum absolute atomic E-state index is 12.8. The van der Waals surface area contributed by atoms with Crippen LogP contribution in [0.15, 0.2) is 34.2 Å². The number of benzene rings is 1. The minimum absolute atomic E-state index is 0.0176. The first kappa shape index (κ1) is 22.4. The van der Waals surface area contributed by atoms with Gasteiger partial charge in [-0.05, 0) is 18.6 Å². The first-order chi connectivity index (χ1) is 14.0. The number of hydrogen-bond acceptors (Lipinski definition) is 8. The van der Waals surface area contributed by atoms with Gasteiger partial charge in [-0.1, -0.05) is 23.9 Å². The van der Waals surface area contributed by atoms with Crippen LogP contribution in [-0.2, 0) is 30.4 Å². The fourth-order valence-corrected chi connectivity index (χ4v) is 3.36. The predicted molar refractivity (Wildman–Crippen MR) is 108 cm³/mol. The van der Waals surface area contributed by atoms with Crippen LogP contribution < -0.4 is 10.9 Å². The van der Waals surface area contributed by atoms with Crippen LogP contribution in [0, 0.1) is 0 Å². The van der Waals surface area contributed by atoms with Gasteiger partial charge in [-0.15, -0.1) is 0 Å². The molecule has 0 radical (unpaired) electrons. The molecule has 0 bridgehead atoms. The molecule has 2 rings (SSSR count). The zero-order valence-electron chi connectivity index (χ0n) is 16.3. The number of hydrogen-bond donors (Lipinski definition) is 1. The summed E-state index contributed by atoms with van der Waals surface area (Å²) in [6, 6.07) is 6.90. The lowest BCUT2D eigenvalue weighted by Gasteiger charge is -2.12. The molecule has 0 unspecified atom stereocenters. The van der Waals surface area contributed by atoms with Gasteiger partial charge in [-0.3, -0.25) is 23.7 Å². The Morgan fingerprint density at radius 2 is 1.79 bits per heavy atom. The van der Waals surface area contributed by atoms with Crippen LogP contribution in [0.2, 0.25) is 0 Å². The SMILES string of the molecule is COC(=O)CCCNC(=O)CSc1nc2ccccc2c(=O)n1CCC(=O)OC. The van der Waals surface area contributed by atoms with Gasteiger partial charge in [0.15, 0.2) is 5.16 Å². The molecule has 1 heterocycles. The normalized spacial score (nSPS) is 10.6. The van der Waals surface area contributed by atoms with Gasteiger partial charge in [-0.2, -0.15) is 0 Å². The van der Waals surface area contributed by atoms with E-state index in [1.165, 1.54) is 18.8 Å². The van der Waals surface area contributed by atoms with Crippen LogP contribution in [-0.4, -0.2) is 53.9 Å². The molecule has 1 aromatic heterocycles. The van der Waals surface area contributed by atoms with E-state index in [-0.39, 0.29) is 42.6 Å². The number of nitrogens with one attached hydrogen (secondary N) is 1. The van der Waals surface area contributed by atoms with Gasteiger partial charge in [0.1, 0.15) is 0 Å². The second kappa shape index (κ2) is 11.2. The van der Waals surface area contributed by atoms with E-state index in [1.807, 2.05) is 0 Å². The van der Waals surface area contributed by atoms with Crippen molar-refractivity contribution in [2.24, 2.45) is 0 Å². The van der Waals surface area contributed by atoms with E-state index in [0.717, 1.165) is 11.8 Å². The maximum atomic E-state index is 12.8. The van der Waals surface area contributed by atoms with Crippen molar-refractivity contribution in [2.45, 2.75) is 31.0 Å². The van der Waals surface area contributed by atoms with Crippen molar-refractivity contribution in [1.29, 1.82) is 0 Å². The van der Waals surface area contributed by atoms with E-state index >= 15 is 0 Å². The summed E-state index contributed by atoms with van der Waals surface area (Å²) < 4.78 is 10.6. The molecule has 10 heteroatoms. The van der Waals surface area contributed by atoms with Crippen LogP contribution in [0.25, 0.3) is 10.9 Å². The molecule has 1 amide bonds. The largest absolute Gasteiger partial charge is 0.469 e. The highest BCUT2D eigenvalue weighted by Crippen LogP contribution is 2.18. The summed E-state index contributed by atoms with van der Waals surface area (Å²) in [7, 11) is 2.60. The van der Waals surface area contributed by atoms with Gasteiger partial charge in [0, 0.05) is 19.5 Å². The average molecular weight is 421 g/mol. The molecule has 1 aromatic carbocycles. The van der Waals surface area contributed by atoms with E-state index in [1.54, 1.807) is 24.3 Å². The highest BCUT2D eigenvalue weighted by Gasteiger charge is 2.14. The zero-order valence-corrected chi connectivity index (χ0v) is 17.1. The number of fused-ring (bicyclic) bond motifs is 1. The first-order valence-electron chi connectivity index (χ1n) is 8.99. The molecule has 0 spiro atoms. The van der Waals surface area contributed by atoms with Gasteiger partial charge in [-0.25, -0.2) is 4.98 Å². The lowest BCUT2D eigenvalue weighted by Crippen LogP contribution is -2.28. The van der Waals surface area contributed by atoms with Crippen molar-refractivity contribution >= 4 is 40.5 Å². The third-order valence-electron chi connectivity index (χ3n) is 4.03. The highest BCUT2D eigenvalue weighted by molar-refractivity contribution is 7.99. The third-order valence-corrected chi connectivity index (χ3v) is 5.01. The molecule has 156 valence electrons. The monoisotopic (exact) mass is 421 g/mol. The summed E-state index contributed by atoms with van der Waals surface area (Å²) in [5, 5.41) is 3.49. The number of aromatic nitrogens is 2. The molecule has 9 nitrogen and oxygen atoms in total. The van der Waals surface area contributed by atoms with Crippen LogP contribution in [0.4, 0.5) is 0 Å². The standard InChI is InChI=1S/C19H23N3O6S/c1-27-16(24)8-5-10-20-15(23)12-29-19-21-14-7-4-3-6-13(14)18(26)22(19)11-9-17(25)28-2/h3-4,6-7H,5,8-12H2,1-2H3,(H,20,23). The number of para-hydroxylation sites is 1. The second-order valence-electron chi connectivity index (χ2n) is 6.01. The van der Waals surface area contributed by atoms with Crippen molar-refractivity contribution in [1.82, 2.24) is 14.9 Å². The Hall–Kier alpha value is -2.88. The average Bonchev–Trinajstić information content (AvgIpc) is 2.74. The highest BCUT2D eigenvalue weighted by atomic mass is 32.2. The predicted octanol–water partition coefficient (Wildman–Crippen LogP) is 1.12. The molecule has 29 heavy (non-hydrogen) atoms. The van der Waals surface area contributed by atoms with Crippen LogP contribution >= 0.6 is 11.8 Å². The number of ether oxygens (including phenoxy) is 2. The Labute approximate surface area is 171 Å². The van der Waals surface area contributed by atoms with E-state index < -0.39 is 5.97 Å². The Morgan fingerprint density at radius 1 is 1.10 bits per heavy atom. The molecule has 0 aliphatic carbocycles. The summed E-state index contributed by atoms with van der Waals surface area (Å²) in [5.41, 5.74) is 0.244. The van der Waals surface area contributed by atoms with Gasteiger partial charge in [0.05, 0.1) is 37.3 Å². The summed E-state index contributed by atoms with van der Waals surface area (Å²) in [5.74, 6) is -0.976. The number of thioether (sulfide) groups is 1. The number of carbonyl (C=O) groups is 3. The van der Waals surface area contributed by atoms with E-state index in [2.05, 4.69) is 19.8 Å². The number of amides is 1. The topological polar surface area (TPSA) is 117 Å². The molecule has 0 atom stereocenters. The molecular formula is C19H23N3O6S. The molecule has 0 saturated heterocycles. The van der Waals surface area contributed by atoms with Gasteiger partial charge < -0.3 is 14.8 Å². The van der Waals surface area contributed by atoms with Crippen molar-refractivity contribution in [3.05, 3.63) is 34.6 Å². The Bertz CT molecular complexity index is 943. The molecule has 0 fully saturated rings. The zero-order chi connectivity index (χ0) is 21.2. The number of nitrogens with zero attached hydrogens (tertiary/aromatic N) is 2. The van der Waals surface area contributed by atoms with Crippen molar-refractivity contribution in [3.8, 4) is 0 Å². The summed E-state index contributed by atoms with van der Waals surface area (Å²) in [6.45, 7) is 0.446. The van der Waals surface area contributed by atoms with E-state index in [9.17, 15) is 19.2 Å². The van der Waals surface area contributed by atoms with Crippen molar-refractivity contribution < 1.29 is 23.9 Å². The Balaban J connectivity index is 2.07. The molecule has 1 N–H and O–H groups in total. The summed E-state index contributed by atoms with van der Waals surface area (Å²) in [6.07, 6.45) is 0.716.